The molecule has 0 aliphatic carbocycles. The smallest absolute Gasteiger partial charge is 1.00 e. The van der Waals surface area contributed by atoms with Crippen LogP contribution in [0.3, 0.4) is 0 Å². The van der Waals surface area contributed by atoms with E-state index in [0.717, 1.165) is 150 Å². The van der Waals surface area contributed by atoms with Gasteiger partial charge in [0.2, 0.25) is 11.8 Å². The third-order valence-corrected chi connectivity index (χ3v) is 20.8. The third kappa shape index (κ3) is 30.0. The van der Waals surface area contributed by atoms with Gasteiger partial charge in [0.15, 0.2) is 11.6 Å². The summed E-state index contributed by atoms with van der Waals surface area (Å²) in [5, 5.41) is 58.8. The molecular weight excluding hydrogens is 1910 g/mol. The SMILES string of the molecule is CCOC(=O)/C=C/c1cncc(N2CCCC2=O)n1.CCOC(=O)CC(c1cncc(N2CCCC2=O)n1)n1ncc2cc(OCCc3ccc4c(n3)NCCC4)ccc21.O=C(O)CCCNc1cncc(C(CC(=O)O)n2ncc3cc(OCCc4ccc5c(n4)NCCC5)ccc32)n1.O=CO[O-].[Cs+].[Cs+].[H-].[Li+].[OH-].c1cc2[nH]ncc2cc1OCCc1ccc2c(n1)NCCC2. The number of amides is 2. The second-order valence-electron chi connectivity index (χ2n) is 29.6. The first-order chi connectivity index (χ1) is 61.5. The number of nitrogens with zero attached hydrogens (tertiary/aromatic N) is 16. The van der Waals surface area contributed by atoms with Gasteiger partial charge in [-0.05, 0) is 167 Å². The fourth-order valence-corrected chi connectivity index (χ4v) is 14.7. The Morgan fingerprint density at radius 1 is 0.546 bits per heavy atom. The van der Waals surface area contributed by atoms with E-state index in [4.69, 9.17) is 53.8 Å². The summed E-state index contributed by atoms with van der Waals surface area (Å²) in [6, 6.07) is 28.7. The number of rotatable bonds is 32. The van der Waals surface area contributed by atoms with Crippen molar-refractivity contribution in [3.8, 4) is 17.2 Å². The van der Waals surface area contributed by atoms with Crippen molar-refractivity contribution < 1.29 is 241 Å². The number of fused-ring (bicyclic) bond motifs is 6. The van der Waals surface area contributed by atoms with Crippen LogP contribution in [-0.2, 0) is 86.4 Å². The molecule has 2 fully saturated rings. The molecule has 2 saturated heterocycles. The van der Waals surface area contributed by atoms with Gasteiger partial charge in [-0.3, -0.25) is 68.0 Å². The number of anilines is 6. The number of carbonyl (C=O) groups excluding carboxylic acids is 5. The van der Waals surface area contributed by atoms with Gasteiger partial charge in [-0.25, -0.2) is 34.7 Å². The molecule has 9 aromatic heterocycles. The van der Waals surface area contributed by atoms with Crippen molar-refractivity contribution in [3.63, 3.8) is 0 Å². The number of carbonyl (C=O) groups is 7. The fourth-order valence-electron chi connectivity index (χ4n) is 14.7. The first kappa shape index (κ1) is 104. The Bertz CT molecular complexity index is 5820. The van der Waals surface area contributed by atoms with Crippen molar-refractivity contribution in [2.75, 3.05) is 103 Å². The fraction of sp³-hybridized carbons (Fsp3) is 0.360. The molecule has 41 heteroatoms. The number of carboxylic acids is 2. The number of benzene rings is 3. The van der Waals surface area contributed by atoms with Crippen LogP contribution in [0.5, 0.6) is 17.2 Å². The van der Waals surface area contributed by atoms with Gasteiger partial charge >= 0.3 is 181 Å². The van der Waals surface area contributed by atoms with Crippen molar-refractivity contribution in [1.29, 1.82) is 0 Å². The van der Waals surface area contributed by atoms with Crippen LogP contribution in [0, 0.1) is 0 Å². The predicted molar refractivity (Wildman–Crippen MR) is 467 cm³/mol. The number of hydrogen-bond donors (Lipinski definition) is 7. The average Bonchev–Trinajstić information content (AvgIpc) is 1.65. The van der Waals surface area contributed by atoms with E-state index >= 15 is 0 Å². The molecule has 666 valence electrons. The maximum Gasteiger partial charge on any atom is 1.00 e. The number of aromatic amines is 1. The van der Waals surface area contributed by atoms with Crippen molar-refractivity contribution in [2.45, 2.75) is 135 Å². The van der Waals surface area contributed by atoms with Crippen LogP contribution < -0.4 is 207 Å². The van der Waals surface area contributed by atoms with Crippen LogP contribution >= 0.6 is 0 Å². The maximum absolute atomic E-state index is 12.6. The topological polar surface area (TPSA) is 503 Å². The Morgan fingerprint density at radius 2 is 1.02 bits per heavy atom. The molecule has 2 amide bonds. The first-order valence-electron chi connectivity index (χ1n) is 42.0. The molecule has 12 aromatic rings. The zero-order valence-corrected chi connectivity index (χ0v) is 85.8. The van der Waals surface area contributed by atoms with Gasteiger partial charge in [0.25, 0.3) is 6.47 Å². The molecule has 0 radical (unpaired) electrons. The number of hydrogen-bond acceptors (Lipinski definition) is 31. The largest absolute Gasteiger partial charge is 1.00 e. The minimum absolute atomic E-state index is 0. The minimum atomic E-state index is -0.999. The molecule has 8 N–H and O–H groups in total. The molecule has 2 atom stereocenters. The van der Waals surface area contributed by atoms with Crippen LogP contribution in [0.4, 0.5) is 34.9 Å². The van der Waals surface area contributed by atoms with Crippen LogP contribution in [0.15, 0.2) is 153 Å². The summed E-state index contributed by atoms with van der Waals surface area (Å²) in [5.74, 6) is 4.15. The number of aliphatic carboxylic acids is 2. The number of pyridine rings is 3. The molecule has 14 heterocycles. The average molecular weight is 2010 g/mol. The summed E-state index contributed by atoms with van der Waals surface area (Å²) in [6.07, 6.45) is 29.1. The van der Waals surface area contributed by atoms with Gasteiger partial charge in [0.05, 0.1) is 135 Å². The van der Waals surface area contributed by atoms with E-state index in [0.29, 0.717) is 118 Å². The van der Waals surface area contributed by atoms with Gasteiger partial charge in [0, 0.05) is 117 Å². The number of H-pyrrole nitrogens is 1. The number of aromatic nitrogens is 15. The molecule has 0 saturated carbocycles. The van der Waals surface area contributed by atoms with Crippen LogP contribution in [-0.4, -0.2) is 205 Å². The normalized spacial score (nSPS) is 13.7. The van der Waals surface area contributed by atoms with E-state index in [1.54, 1.807) is 70.2 Å². The number of nitrogens with one attached hydrogen (secondary N) is 5. The molecule has 3 aromatic carbocycles. The summed E-state index contributed by atoms with van der Waals surface area (Å²) in [4.78, 5) is 125. The van der Waals surface area contributed by atoms with Crippen molar-refractivity contribution >= 4 is 116 Å². The molecule has 5 aliphatic heterocycles. The van der Waals surface area contributed by atoms with Crippen molar-refractivity contribution in [2.24, 2.45) is 0 Å². The monoisotopic (exact) mass is 2010 g/mol. The Kier molecular flexibility index (Phi) is 42.7. The van der Waals surface area contributed by atoms with E-state index < -0.39 is 30.0 Å². The maximum atomic E-state index is 12.6. The molecule has 0 bridgehead atoms. The molecule has 5 aliphatic rings. The van der Waals surface area contributed by atoms with Crippen LogP contribution in [0.1, 0.15) is 149 Å². The summed E-state index contributed by atoms with van der Waals surface area (Å²) in [7, 11) is 0. The van der Waals surface area contributed by atoms with Gasteiger partial charge in [-0.2, -0.15) is 15.3 Å². The van der Waals surface area contributed by atoms with Gasteiger partial charge < -0.3 is 72.2 Å². The minimum Gasteiger partial charge on any atom is -1.00 e. The molecule has 38 nitrogen and oxygen atoms in total. The number of ether oxygens (including phenoxy) is 5. The summed E-state index contributed by atoms with van der Waals surface area (Å²) < 4.78 is 31.3. The number of aryl methyl sites for hydroxylation is 3. The second kappa shape index (κ2) is 53.5. The van der Waals surface area contributed by atoms with Gasteiger partial charge in [-0.15, -0.1) is 0 Å². The standard InChI is InChI=1S/C30H33N7O4.C28H31N7O5.C17H18N4O.C13H15N3O3.CH2O3.2Cs.Li.H2O.H/c1-2-40-29(39)16-26(24-18-31-19-27(35-24)36-13-4-6-28(36)38)37-25-10-9-23(15-21(25)17-33-37)41-14-11-22-8-7-20-5-3-12-32-30(20)34-22;36-26(37)4-2-10-30-25-17-29-16-22(34-25)24(14-27(38)39)35-23-8-7-21(13-19(23)15-32-35)40-12-9-20-6-5-18-3-1-11-31-28(18)33-20;1-2-12-3-4-14(20-17(12)18-8-1)7-9-22-15-5-6-16-13(10-15)11-19-21-16;1-2-19-13(18)6-5-10-8-14-9-11(15-10)16-7-3-4-12(16)17;2-1-4-3;;;;;/h7-10,15,17-19,26H,2-6,11-14,16H2,1H3,(H,32,34);5-8,13,15-17,24H,1-4,9-12,14H2,(H,30,34)(H,31,33)(H,36,37)(H,38,39);3-6,10-11H,1-2,7-9H2,(H,18,20)(H,19,21);5-6,8-9H,2-4,7H2,1H3;1,3H;;;;1H2;/q;;;;;3*+1;;-1/p-2/b;;;6-5+;;;;;;. The van der Waals surface area contributed by atoms with Crippen molar-refractivity contribution in [1.82, 2.24) is 74.6 Å². The van der Waals surface area contributed by atoms with Crippen LogP contribution in [0.2, 0.25) is 0 Å². The van der Waals surface area contributed by atoms with E-state index in [2.05, 4.69) is 113 Å². The Hall–Kier alpha value is -9.99. The van der Waals surface area contributed by atoms with Crippen LogP contribution in [0.25, 0.3) is 38.8 Å². The Labute approximate surface area is 880 Å². The quantitative estimate of drug-likeness (QED) is 0.00586. The molecular formula is C89H100Cs2LiN21O17. The number of carboxylic acid groups (broad SMARTS) is 2. The molecule has 2 unspecified atom stereocenters. The number of esters is 2. The second-order valence-corrected chi connectivity index (χ2v) is 29.6. The molecule has 0 spiro atoms. The Morgan fingerprint density at radius 3 is 1.51 bits per heavy atom. The van der Waals surface area contributed by atoms with E-state index in [-0.39, 0.29) is 214 Å². The Balaban J connectivity index is 0.000000219. The zero-order valence-electron chi connectivity index (χ0n) is 74.3. The molecule has 17 rings (SSSR count). The predicted octanol–water partition coefficient (Wildman–Crippen LogP) is 0.912. The molecule has 130 heavy (non-hydrogen) atoms. The third-order valence-electron chi connectivity index (χ3n) is 20.8. The van der Waals surface area contributed by atoms with E-state index in [1.165, 1.54) is 53.9 Å². The van der Waals surface area contributed by atoms with E-state index in [9.17, 15) is 33.9 Å². The summed E-state index contributed by atoms with van der Waals surface area (Å²) in [6.45, 7) is 10.1. The summed E-state index contributed by atoms with van der Waals surface area (Å²) >= 11 is 0. The van der Waals surface area contributed by atoms with E-state index in [1.807, 2.05) is 54.6 Å². The zero-order chi connectivity index (χ0) is 87.9. The van der Waals surface area contributed by atoms with Gasteiger partial charge in [0.1, 0.15) is 52.6 Å². The first-order valence-corrected chi connectivity index (χ1v) is 42.0. The van der Waals surface area contributed by atoms with Gasteiger partial charge in [-0.1, -0.05) is 18.2 Å². The summed E-state index contributed by atoms with van der Waals surface area (Å²) in [5.41, 5.74) is 10.9. The van der Waals surface area contributed by atoms with Crippen molar-refractivity contribution in [3.05, 3.63) is 204 Å².